The molecular formula is C11H10N4O2. The third-order valence-electron chi connectivity index (χ3n) is 2.74. The van der Waals surface area contributed by atoms with Crippen LogP contribution in [0.25, 0.3) is 16.6 Å². The van der Waals surface area contributed by atoms with E-state index in [1.165, 1.54) is 0 Å². The summed E-state index contributed by atoms with van der Waals surface area (Å²) in [7, 11) is 0. The largest absolute Gasteiger partial charge is 0.393 e. The first kappa shape index (κ1) is 10.1. The summed E-state index contributed by atoms with van der Waals surface area (Å²) in [5, 5.41) is 30.7. The summed E-state index contributed by atoms with van der Waals surface area (Å²) in [6.07, 6.45) is -0.857. The summed E-state index contributed by atoms with van der Waals surface area (Å²) in [5.41, 5.74) is 2.21. The van der Waals surface area contributed by atoms with Crippen molar-refractivity contribution in [1.82, 2.24) is 20.0 Å². The molecule has 0 fully saturated rings. The quantitative estimate of drug-likeness (QED) is 0.661. The molecule has 3 rings (SSSR count). The fourth-order valence-electron chi connectivity index (χ4n) is 1.85. The lowest BCUT2D eigenvalue weighted by atomic mass is 10.1. The first-order valence-corrected chi connectivity index (χ1v) is 5.19. The second-order valence-electron chi connectivity index (χ2n) is 3.80. The molecule has 1 atom stereocenters. The van der Waals surface area contributed by atoms with Gasteiger partial charge in [-0.25, -0.2) is 0 Å². The molecule has 17 heavy (non-hydrogen) atoms. The van der Waals surface area contributed by atoms with E-state index in [1.54, 1.807) is 16.6 Å². The van der Waals surface area contributed by atoms with Gasteiger partial charge in [-0.1, -0.05) is 6.07 Å². The number of fused-ring (bicyclic) bond motifs is 3. The highest BCUT2D eigenvalue weighted by Gasteiger charge is 2.08. The van der Waals surface area contributed by atoms with E-state index in [4.69, 9.17) is 5.11 Å². The van der Waals surface area contributed by atoms with Gasteiger partial charge in [0.05, 0.1) is 12.1 Å². The van der Waals surface area contributed by atoms with Gasteiger partial charge in [-0.2, -0.15) is 4.52 Å². The second kappa shape index (κ2) is 3.76. The van der Waals surface area contributed by atoms with Crippen LogP contribution < -0.4 is 0 Å². The van der Waals surface area contributed by atoms with Crippen molar-refractivity contribution in [3.05, 3.63) is 35.9 Å². The molecule has 2 aromatic heterocycles. The fraction of sp³-hybridized carbons (Fsp3) is 0.182. The van der Waals surface area contributed by atoms with Crippen molar-refractivity contribution in [2.24, 2.45) is 0 Å². The molecule has 0 aliphatic heterocycles. The number of aromatic nitrogens is 4. The molecule has 1 aromatic carbocycles. The van der Waals surface area contributed by atoms with Crippen LogP contribution in [0.4, 0.5) is 0 Å². The molecule has 0 amide bonds. The van der Waals surface area contributed by atoms with Crippen LogP contribution >= 0.6 is 0 Å². The van der Waals surface area contributed by atoms with E-state index in [0.717, 1.165) is 10.9 Å². The van der Waals surface area contributed by atoms with Crippen LogP contribution in [0, 0.1) is 0 Å². The molecule has 0 spiro atoms. The van der Waals surface area contributed by atoms with Gasteiger partial charge in [-0.15, -0.1) is 5.10 Å². The van der Waals surface area contributed by atoms with E-state index in [0.29, 0.717) is 11.2 Å². The van der Waals surface area contributed by atoms with E-state index in [9.17, 15) is 5.11 Å². The standard InChI is InChI=1S/C11H10N4O2/c16-6-10(17)8-1-3-9-7(5-8)2-4-11-12-13-14-15(9)11/h1-5,10,16-17H,6H2. The molecule has 6 heteroatoms. The number of nitrogens with zero attached hydrogens (tertiary/aromatic N) is 4. The third-order valence-corrected chi connectivity index (χ3v) is 2.74. The molecule has 0 radical (unpaired) electrons. The van der Waals surface area contributed by atoms with Crippen LogP contribution in [0.1, 0.15) is 11.7 Å². The van der Waals surface area contributed by atoms with Gasteiger partial charge >= 0.3 is 0 Å². The Morgan fingerprint density at radius 1 is 1.24 bits per heavy atom. The monoisotopic (exact) mass is 230 g/mol. The predicted octanol–water partition coefficient (Wildman–Crippen LogP) is 0.303. The third kappa shape index (κ3) is 1.54. The van der Waals surface area contributed by atoms with E-state index >= 15 is 0 Å². The highest BCUT2D eigenvalue weighted by molar-refractivity contribution is 5.82. The zero-order valence-corrected chi connectivity index (χ0v) is 8.85. The molecule has 86 valence electrons. The van der Waals surface area contributed by atoms with E-state index in [-0.39, 0.29) is 6.61 Å². The number of aliphatic hydroxyl groups is 2. The predicted molar refractivity (Wildman–Crippen MR) is 60.3 cm³/mol. The van der Waals surface area contributed by atoms with Crippen molar-refractivity contribution in [2.45, 2.75) is 6.10 Å². The van der Waals surface area contributed by atoms with Gasteiger partial charge in [0.25, 0.3) is 0 Å². The van der Waals surface area contributed by atoms with E-state index in [2.05, 4.69) is 15.5 Å². The Hall–Kier alpha value is -2.05. The van der Waals surface area contributed by atoms with Gasteiger partial charge in [0, 0.05) is 5.39 Å². The number of tetrazole rings is 1. The minimum Gasteiger partial charge on any atom is -0.393 e. The molecule has 2 N–H and O–H groups in total. The Kier molecular flexibility index (Phi) is 2.24. The maximum absolute atomic E-state index is 9.56. The van der Waals surface area contributed by atoms with Crippen LogP contribution in [-0.2, 0) is 0 Å². The van der Waals surface area contributed by atoms with Crippen molar-refractivity contribution < 1.29 is 10.2 Å². The molecular weight excluding hydrogens is 220 g/mol. The molecule has 3 aromatic rings. The summed E-state index contributed by atoms with van der Waals surface area (Å²) in [4.78, 5) is 0. The zero-order valence-electron chi connectivity index (χ0n) is 8.85. The smallest absolute Gasteiger partial charge is 0.179 e. The molecule has 0 aliphatic carbocycles. The summed E-state index contributed by atoms with van der Waals surface area (Å²) in [6, 6.07) is 9.08. The number of hydrogen-bond acceptors (Lipinski definition) is 5. The molecule has 1 unspecified atom stereocenters. The normalized spacial score (nSPS) is 13.3. The summed E-state index contributed by atoms with van der Waals surface area (Å²) in [5.74, 6) is 0. The summed E-state index contributed by atoms with van der Waals surface area (Å²) < 4.78 is 1.63. The molecule has 6 nitrogen and oxygen atoms in total. The van der Waals surface area contributed by atoms with Crippen molar-refractivity contribution in [3.8, 4) is 0 Å². The molecule has 2 heterocycles. The number of pyridine rings is 1. The zero-order chi connectivity index (χ0) is 11.8. The highest BCUT2D eigenvalue weighted by atomic mass is 16.3. The Morgan fingerprint density at radius 2 is 2.12 bits per heavy atom. The number of aliphatic hydroxyl groups excluding tert-OH is 2. The lowest BCUT2D eigenvalue weighted by molar-refractivity contribution is 0.0957. The molecule has 0 saturated heterocycles. The topological polar surface area (TPSA) is 83.5 Å². The second-order valence-corrected chi connectivity index (χ2v) is 3.80. The SMILES string of the molecule is OCC(O)c1ccc2c(ccc3nnnn32)c1. The minimum absolute atomic E-state index is 0.293. The molecule has 0 aliphatic rings. The minimum atomic E-state index is -0.857. The molecule has 0 bridgehead atoms. The van der Waals surface area contributed by atoms with Crippen LogP contribution in [0.15, 0.2) is 30.3 Å². The van der Waals surface area contributed by atoms with Gasteiger partial charge in [-0.05, 0) is 40.3 Å². The van der Waals surface area contributed by atoms with Gasteiger partial charge in [0.15, 0.2) is 5.65 Å². The van der Waals surface area contributed by atoms with Crippen LogP contribution in [-0.4, -0.2) is 36.9 Å². The van der Waals surface area contributed by atoms with Crippen molar-refractivity contribution in [1.29, 1.82) is 0 Å². The summed E-state index contributed by atoms with van der Waals surface area (Å²) in [6.45, 7) is -0.293. The Morgan fingerprint density at radius 3 is 2.94 bits per heavy atom. The number of hydrogen-bond donors (Lipinski definition) is 2. The summed E-state index contributed by atoms with van der Waals surface area (Å²) >= 11 is 0. The Labute approximate surface area is 96.1 Å². The van der Waals surface area contributed by atoms with Gasteiger partial charge in [0.2, 0.25) is 0 Å². The van der Waals surface area contributed by atoms with Crippen LogP contribution in [0.2, 0.25) is 0 Å². The highest BCUT2D eigenvalue weighted by Crippen LogP contribution is 2.20. The molecule has 0 saturated carbocycles. The Bertz CT molecular complexity index is 679. The van der Waals surface area contributed by atoms with Crippen molar-refractivity contribution in [3.63, 3.8) is 0 Å². The lowest BCUT2D eigenvalue weighted by Crippen LogP contribution is -2.02. The first-order chi connectivity index (χ1) is 8.29. The van der Waals surface area contributed by atoms with Crippen LogP contribution in [0.3, 0.4) is 0 Å². The van der Waals surface area contributed by atoms with Gasteiger partial charge in [-0.3, -0.25) is 0 Å². The van der Waals surface area contributed by atoms with Gasteiger partial charge < -0.3 is 10.2 Å². The van der Waals surface area contributed by atoms with E-state index in [1.807, 2.05) is 18.2 Å². The fourth-order valence-corrected chi connectivity index (χ4v) is 1.85. The van der Waals surface area contributed by atoms with Crippen LogP contribution in [0.5, 0.6) is 0 Å². The Balaban J connectivity index is 2.26. The maximum Gasteiger partial charge on any atom is 0.179 e. The average Bonchev–Trinajstić information content (AvgIpc) is 2.85. The van der Waals surface area contributed by atoms with Crippen molar-refractivity contribution in [2.75, 3.05) is 6.61 Å². The average molecular weight is 230 g/mol. The first-order valence-electron chi connectivity index (χ1n) is 5.19. The number of rotatable bonds is 2. The maximum atomic E-state index is 9.56. The number of benzene rings is 1. The lowest BCUT2D eigenvalue weighted by Gasteiger charge is -2.08. The van der Waals surface area contributed by atoms with Crippen molar-refractivity contribution >= 4 is 16.6 Å². The van der Waals surface area contributed by atoms with E-state index < -0.39 is 6.10 Å². The van der Waals surface area contributed by atoms with Gasteiger partial charge in [0.1, 0.15) is 6.10 Å².